The van der Waals surface area contributed by atoms with Crippen LogP contribution in [0.2, 0.25) is 0 Å². The molecule has 0 N–H and O–H groups in total. The van der Waals surface area contributed by atoms with Gasteiger partial charge in [0.1, 0.15) is 5.82 Å². The van der Waals surface area contributed by atoms with Crippen LogP contribution in [0, 0.1) is 5.92 Å². The zero-order valence-electron chi connectivity index (χ0n) is 21.6. The van der Waals surface area contributed by atoms with E-state index in [1.807, 2.05) is 36.0 Å². The molecule has 1 saturated heterocycles. The molecule has 0 bridgehead atoms. The highest BCUT2D eigenvalue weighted by Crippen LogP contribution is 2.32. The lowest BCUT2D eigenvalue weighted by molar-refractivity contribution is -0.130. The molecular formula is C27H36N4O3S. The summed E-state index contributed by atoms with van der Waals surface area (Å²) in [6.07, 6.45) is 1.91. The molecule has 188 valence electrons. The summed E-state index contributed by atoms with van der Waals surface area (Å²) in [6.45, 7) is 10.4. The van der Waals surface area contributed by atoms with Crippen molar-refractivity contribution in [2.45, 2.75) is 62.3 Å². The Bertz CT molecular complexity index is 1340. The lowest BCUT2D eigenvalue weighted by atomic mass is 9.93. The van der Waals surface area contributed by atoms with Crippen molar-refractivity contribution in [1.82, 2.24) is 14.5 Å². The predicted molar refractivity (Wildman–Crippen MR) is 140 cm³/mol. The maximum atomic E-state index is 13.5. The Kier molecular flexibility index (Phi) is 6.70. The topological polar surface area (TPSA) is 75.5 Å². The van der Waals surface area contributed by atoms with Crippen molar-refractivity contribution in [3.8, 4) is 0 Å². The van der Waals surface area contributed by atoms with Gasteiger partial charge in [0.05, 0.1) is 20.8 Å². The average molecular weight is 497 g/mol. The van der Waals surface area contributed by atoms with Crippen LogP contribution in [0.25, 0.3) is 11.0 Å². The molecule has 1 aliphatic rings. The van der Waals surface area contributed by atoms with E-state index < -0.39 is 9.84 Å². The fourth-order valence-electron chi connectivity index (χ4n) is 4.79. The normalized spacial score (nSPS) is 15.5. The number of hydrogen-bond acceptors (Lipinski definition) is 5. The first-order valence-electron chi connectivity index (χ1n) is 12.2. The lowest BCUT2D eigenvalue weighted by Crippen LogP contribution is -2.38. The predicted octanol–water partition coefficient (Wildman–Crippen LogP) is 4.49. The maximum Gasteiger partial charge on any atom is 0.219 e. The molecule has 0 atom stereocenters. The molecule has 1 amide bonds. The highest BCUT2D eigenvalue weighted by atomic mass is 32.2. The van der Waals surface area contributed by atoms with Gasteiger partial charge in [-0.05, 0) is 55.2 Å². The number of rotatable bonds is 5. The van der Waals surface area contributed by atoms with Crippen LogP contribution in [0.4, 0.5) is 5.69 Å². The number of carbonyl (C=O) groups excluding carboxylic acids is 1. The third kappa shape index (κ3) is 5.08. The van der Waals surface area contributed by atoms with Crippen molar-refractivity contribution in [2.75, 3.05) is 32.1 Å². The van der Waals surface area contributed by atoms with Crippen molar-refractivity contribution in [1.29, 1.82) is 0 Å². The number of aromatic nitrogens is 2. The van der Waals surface area contributed by atoms with Crippen molar-refractivity contribution in [3.05, 3.63) is 48.3 Å². The number of hydrogen-bond donors (Lipinski definition) is 0. The zero-order chi connectivity index (χ0) is 25.5. The number of benzene rings is 2. The summed E-state index contributed by atoms with van der Waals surface area (Å²) in [5.74, 6) is 1.53. The second-order valence-corrected chi connectivity index (χ2v) is 12.7. The van der Waals surface area contributed by atoms with Gasteiger partial charge in [0.25, 0.3) is 0 Å². The van der Waals surface area contributed by atoms with E-state index in [-0.39, 0.29) is 21.1 Å². The summed E-state index contributed by atoms with van der Waals surface area (Å²) in [6, 6.07) is 12.3. The molecule has 3 aromatic rings. The first-order chi connectivity index (χ1) is 16.4. The van der Waals surface area contributed by atoms with Gasteiger partial charge < -0.3 is 14.4 Å². The van der Waals surface area contributed by atoms with Crippen LogP contribution in [-0.4, -0.2) is 56.0 Å². The average Bonchev–Trinajstić information content (AvgIpc) is 3.17. The van der Waals surface area contributed by atoms with Gasteiger partial charge in [-0.1, -0.05) is 26.8 Å². The molecule has 0 saturated carbocycles. The van der Waals surface area contributed by atoms with Gasteiger partial charge in [-0.15, -0.1) is 0 Å². The Morgan fingerprint density at radius 2 is 1.71 bits per heavy atom. The first-order valence-corrected chi connectivity index (χ1v) is 13.6. The fraction of sp³-hybridized carbons (Fsp3) is 0.481. The van der Waals surface area contributed by atoms with E-state index in [2.05, 4.69) is 25.3 Å². The maximum absolute atomic E-state index is 13.5. The van der Waals surface area contributed by atoms with Crippen molar-refractivity contribution < 1.29 is 13.2 Å². The van der Waals surface area contributed by atoms with E-state index in [1.54, 1.807) is 37.3 Å². The van der Waals surface area contributed by atoms with Crippen LogP contribution in [0.3, 0.4) is 0 Å². The zero-order valence-corrected chi connectivity index (χ0v) is 22.4. The molecule has 0 radical (unpaired) electrons. The number of carbonyl (C=O) groups is 1. The lowest BCUT2D eigenvalue weighted by Gasteiger charge is -2.32. The standard InChI is InChI=1S/C27H36N4O3S/c1-19(32)30-14-12-20(13-15-30)18-31-25-11-10-23(17-24(25)28-26(31)27(2,3)4)35(33,34)22-9-7-8-21(16-22)29(5)6/h7-11,16-17,20H,12-15,18H2,1-6H3. The Hall–Kier alpha value is -2.87. The van der Waals surface area contributed by atoms with Crippen LogP contribution >= 0.6 is 0 Å². The summed E-state index contributed by atoms with van der Waals surface area (Å²) < 4.78 is 29.2. The number of anilines is 1. The molecule has 0 aliphatic carbocycles. The van der Waals surface area contributed by atoms with E-state index >= 15 is 0 Å². The summed E-state index contributed by atoms with van der Waals surface area (Å²) >= 11 is 0. The number of fused-ring (bicyclic) bond motifs is 1. The Morgan fingerprint density at radius 1 is 1.06 bits per heavy atom. The number of sulfone groups is 1. The van der Waals surface area contributed by atoms with Crippen molar-refractivity contribution in [3.63, 3.8) is 0 Å². The quantitative estimate of drug-likeness (QED) is 0.520. The molecule has 4 rings (SSSR count). The molecule has 2 heterocycles. The van der Waals surface area contributed by atoms with E-state index in [0.29, 0.717) is 11.4 Å². The molecule has 0 unspecified atom stereocenters. The molecule has 8 heteroatoms. The van der Waals surface area contributed by atoms with Crippen LogP contribution in [0.1, 0.15) is 46.4 Å². The molecule has 2 aromatic carbocycles. The van der Waals surface area contributed by atoms with E-state index in [0.717, 1.165) is 49.5 Å². The second kappa shape index (κ2) is 9.30. The summed E-state index contributed by atoms with van der Waals surface area (Å²) in [5.41, 5.74) is 2.28. The smallest absolute Gasteiger partial charge is 0.219 e. The Balaban J connectivity index is 1.71. The summed E-state index contributed by atoms with van der Waals surface area (Å²) in [7, 11) is 0.102. The molecular weight excluding hydrogens is 460 g/mol. The number of amides is 1. The van der Waals surface area contributed by atoms with Gasteiger partial charge >= 0.3 is 0 Å². The fourth-order valence-corrected chi connectivity index (χ4v) is 6.11. The minimum absolute atomic E-state index is 0.136. The van der Waals surface area contributed by atoms with Crippen LogP contribution in [-0.2, 0) is 26.6 Å². The van der Waals surface area contributed by atoms with Crippen molar-refractivity contribution >= 4 is 32.5 Å². The molecule has 1 aliphatic heterocycles. The van der Waals surface area contributed by atoms with Gasteiger partial charge in [-0.3, -0.25) is 4.79 Å². The van der Waals surface area contributed by atoms with E-state index in [4.69, 9.17) is 4.98 Å². The van der Waals surface area contributed by atoms with Gasteiger partial charge in [0.2, 0.25) is 15.7 Å². The van der Waals surface area contributed by atoms with E-state index in [9.17, 15) is 13.2 Å². The number of likely N-dealkylation sites (tertiary alicyclic amines) is 1. The van der Waals surface area contributed by atoms with Gasteiger partial charge in [-0.25, -0.2) is 13.4 Å². The van der Waals surface area contributed by atoms with Crippen LogP contribution in [0.15, 0.2) is 52.3 Å². The first kappa shape index (κ1) is 25.2. The Morgan fingerprint density at radius 3 is 2.31 bits per heavy atom. The minimum atomic E-state index is -3.68. The molecule has 35 heavy (non-hydrogen) atoms. The molecule has 0 spiro atoms. The summed E-state index contributed by atoms with van der Waals surface area (Å²) in [5, 5.41) is 0. The number of imidazole rings is 1. The van der Waals surface area contributed by atoms with Crippen LogP contribution < -0.4 is 4.90 Å². The largest absolute Gasteiger partial charge is 0.378 e. The van der Waals surface area contributed by atoms with Gasteiger partial charge in [-0.2, -0.15) is 0 Å². The molecule has 1 fully saturated rings. The van der Waals surface area contributed by atoms with E-state index in [1.165, 1.54) is 0 Å². The number of nitrogens with zero attached hydrogens (tertiary/aromatic N) is 4. The summed E-state index contributed by atoms with van der Waals surface area (Å²) in [4.78, 5) is 21.0. The highest BCUT2D eigenvalue weighted by Gasteiger charge is 2.28. The van der Waals surface area contributed by atoms with Crippen molar-refractivity contribution in [2.24, 2.45) is 5.92 Å². The van der Waals surface area contributed by atoms with Crippen LogP contribution in [0.5, 0.6) is 0 Å². The third-order valence-corrected chi connectivity index (χ3v) is 8.59. The third-order valence-electron chi connectivity index (χ3n) is 6.85. The number of piperidine rings is 1. The second-order valence-electron chi connectivity index (χ2n) is 10.8. The SMILES string of the molecule is CC(=O)N1CCC(Cn2c(C(C)(C)C)nc3cc(S(=O)(=O)c4cccc(N(C)C)c4)ccc32)CC1. The molecule has 7 nitrogen and oxygen atoms in total. The van der Waals surface area contributed by atoms with Gasteiger partial charge in [0, 0.05) is 51.8 Å². The molecule has 1 aromatic heterocycles. The minimum Gasteiger partial charge on any atom is -0.378 e. The monoisotopic (exact) mass is 496 g/mol. The Labute approximate surface area is 208 Å². The van der Waals surface area contributed by atoms with Gasteiger partial charge in [0.15, 0.2) is 0 Å². The highest BCUT2D eigenvalue weighted by molar-refractivity contribution is 7.91.